The number of aromatic hydroxyl groups is 1. The summed E-state index contributed by atoms with van der Waals surface area (Å²) in [6.45, 7) is 2.42. The van der Waals surface area contributed by atoms with Crippen molar-refractivity contribution in [1.29, 1.82) is 0 Å². The van der Waals surface area contributed by atoms with Gasteiger partial charge in [0, 0.05) is 19.1 Å². The third-order valence-electron chi connectivity index (χ3n) is 4.60. The van der Waals surface area contributed by atoms with E-state index < -0.39 is 5.82 Å². The van der Waals surface area contributed by atoms with Gasteiger partial charge in [-0.25, -0.2) is 4.39 Å². The smallest absolute Gasteiger partial charge is 0.257 e. The molecule has 0 saturated carbocycles. The van der Waals surface area contributed by atoms with E-state index in [4.69, 9.17) is 0 Å². The predicted molar refractivity (Wildman–Crippen MR) is 77.7 cm³/mol. The highest BCUT2D eigenvalue weighted by Gasteiger charge is 2.31. The van der Waals surface area contributed by atoms with Gasteiger partial charge < -0.3 is 15.3 Å². The Bertz CT molecular complexity index is 529. The number of phenolic OH excluding ortho intramolecular Hbond substituents is 1. The Labute approximate surface area is 124 Å². The van der Waals surface area contributed by atoms with Gasteiger partial charge in [0.05, 0.1) is 5.56 Å². The van der Waals surface area contributed by atoms with Gasteiger partial charge in [-0.05, 0) is 56.3 Å². The van der Waals surface area contributed by atoms with E-state index in [1.807, 2.05) is 0 Å². The van der Waals surface area contributed by atoms with Crippen molar-refractivity contribution in [2.24, 2.45) is 5.92 Å². The van der Waals surface area contributed by atoms with E-state index in [1.165, 1.54) is 12.5 Å². The van der Waals surface area contributed by atoms with Crippen LogP contribution in [0.25, 0.3) is 0 Å². The normalized spacial score (nSPS) is 26.0. The molecule has 21 heavy (non-hydrogen) atoms. The molecule has 1 aromatic rings. The molecule has 2 aliphatic rings. The zero-order chi connectivity index (χ0) is 14.8. The molecular formula is C16H21FN2O2. The number of nitrogens with zero attached hydrogens (tertiary/aromatic N) is 1. The van der Waals surface area contributed by atoms with Crippen LogP contribution >= 0.6 is 0 Å². The predicted octanol–water partition coefficient (Wildman–Crippen LogP) is 2.14. The van der Waals surface area contributed by atoms with E-state index in [9.17, 15) is 14.3 Å². The molecule has 5 heteroatoms. The summed E-state index contributed by atoms with van der Waals surface area (Å²) in [4.78, 5) is 14.3. The van der Waals surface area contributed by atoms with Crippen molar-refractivity contribution >= 4 is 5.91 Å². The van der Waals surface area contributed by atoms with Crippen LogP contribution in [0.5, 0.6) is 5.75 Å². The topological polar surface area (TPSA) is 52.6 Å². The number of hydrogen-bond acceptors (Lipinski definition) is 3. The van der Waals surface area contributed by atoms with Crippen molar-refractivity contribution in [3.05, 3.63) is 29.6 Å². The minimum atomic E-state index is -0.498. The minimum Gasteiger partial charge on any atom is -0.507 e. The Morgan fingerprint density at radius 2 is 2.19 bits per heavy atom. The van der Waals surface area contributed by atoms with Crippen LogP contribution in [0.1, 0.15) is 36.0 Å². The second-order valence-electron chi connectivity index (χ2n) is 6.02. The molecule has 2 fully saturated rings. The molecule has 2 aliphatic heterocycles. The van der Waals surface area contributed by atoms with Crippen LogP contribution in [0, 0.1) is 11.7 Å². The fraction of sp³-hybridized carbons (Fsp3) is 0.562. The summed E-state index contributed by atoms with van der Waals surface area (Å²) >= 11 is 0. The number of carbonyl (C=O) groups is 1. The maximum atomic E-state index is 13.3. The second kappa shape index (κ2) is 6.02. The molecule has 0 aliphatic carbocycles. The number of likely N-dealkylation sites (tertiary alicyclic amines) is 1. The van der Waals surface area contributed by atoms with Crippen LogP contribution < -0.4 is 5.32 Å². The number of nitrogens with one attached hydrogen (secondary N) is 1. The third-order valence-corrected chi connectivity index (χ3v) is 4.60. The number of phenols is 1. The van der Waals surface area contributed by atoms with Crippen LogP contribution in [-0.2, 0) is 0 Å². The number of halogens is 1. The molecule has 0 radical (unpaired) electrons. The molecule has 2 atom stereocenters. The van der Waals surface area contributed by atoms with Crippen molar-refractivity contribution in [2.75, 3.05) is 19.6 Å². The summed E-state index contributed by atoms with van der Waals surface area (Å²) in [7, 11) is 0. The molecule has 1 aromatic carbocycles. The van der Waals surface area contributed by atoms with Gasteiger partial charge in [-0.3, -0.25) is 4.79 Å². The fourth-order valence-corrected chi connectivity index (χ4v) is 3.49. The molecule has 2 heterocycles. The Morgan fingerprint density at radius 1 is 1.33 bits per heavy atom. The van der Waals surface area contributed by atoms with Gasteiger partial charge in [-0.2, -0.15) is 0 Å². The van der Waals surface area contributed by atoms with E-state index in [-0.39, 0.29) is 17.2 Å². The average Bonchev–Trinajstić information content (AvgIpc) is 3.03. The molecule has 0 bridgehead atoms. The first-order valence-electron chi connectivity index (χ1n) is 7.66. The molecule has 2 saturated heterocycles. The lowest BCUT2D eigenvalue weighted by Crippen LogP contribution is -2.45. The molecule has 0 aromatic heterocycles. The number of benzene rings is 1. The largest absolute Gasteiger partial charge is 0.507 e. The van der Waals surface area contributed by atoms with Gasteiger partial charge in [0.2, 0.25) is 0 Å². The lowest BCUT2D eigenvalue weighted by atomic mass is 9.89. The van der Waals surface area contributed by atoms with Gasteiger partial charge in [-0.1, -0.05) is 0 Å². The second-order valence-corrected chi connectivity index (χ2v) is 6.02. The van der Waals surface area contributed by atoms with Crippen molar-refractivity contribution in [2.45, 2.75) is 31.7 Å². The first kappa shape index (κ1) is 14.3. The minimum absolute atomic E-state index is 0.0648. The zero-order valence-electron chi connectivity index (χ0n) is 12.0. The van der Waals surface area contributed by atoms with E-state index in [0.29, 0.717) is 25.0 Å². The van der Waals surface area contributed by atoms with Crippen LogP contribution in [0.4, 0.5) is 4.39 Å². The van der Waals surface area contributed by atoms with Crippen molar-refractivity contribution in [3.63, 3.8) is 0 Å². The molecule has 114 valence electrons. The van der Waals surface area contributed by atoms with Gasteiger partial charge >= 0.3 is 0 Å². The highest BCUT2D eigenvalue weighted by molar-refractivity contribution is 5.96. The molecule has 0 spiro atoms. The van der Waals surface area contributed by atoms with Crippen molar-refractivity contribution in [1.82, 2.24) is 10.2 Å². The summed E-state index contributed by atoms with van der Waals surface area (Å²) < 4.78 is 13.3. The quantitative estimate of drug-likeness (QED) is 0.878. The van der Waals surface area contributed by atoms with Crippen LogP contribution in [-0.4, -0.2) is 41.6 Å². The highest BCUT2D eigenvalue weighted by atomic mass is 19.1. The molecule has 4 nitrogen and oxygen atoms in total. The van der Waals surface area contributed by atoms with Gasteiger partial charge in [0.25, 0.3) is 5.91 Å². The average molecular weight is 292 g/mol. The standard InChI is InChI=1S/C16H21FN2O2/c17-12-5-6-15(20)13(9-12)16(21)19-8-2-3-11(10-19)14-4-1-7-18-14/h5-6,9,11,14,18,20H,1-4,7-8,10H2. The summed E-state index contributed by atoms with van der Waals surface area (Å²) in [5.74, 6) is -0.458. The molecule has 3 rings (SSSR count). The molecular weight excluding hydrogens is 271 g/mol. The monoisotopic (exact) mass is 292 g/mol. The first-order valence-corrected chi connectivity index (χ1v) is 7.66. The molecule has 1 amide bonds. The van der Waals surface area contributed by atoms with E-state index in [1.54, 1.807) is 4.90 Å². The van der Waals surface area contributed by atoms with E-state index in [0.717, 1.165) is 37.9 Å². The van der Waals surface area contributed by atoms with Crippen LogP contribution in [0.15, 0.2) is 18.2 Å². The molecule has 2 unspecified atom stereocenters. The van der Waals surface area contributed by atoms with Gasteiger partial charge in [0.1, 0.15) is 11.6 Å². The number of rotatable bonds is 2. The van der Waals surface area contributed by atoms with Gasteiger partial charge in [0.15, 0.2) is 0 Å². The lowest BCUT2D eigenvalue weighted by Gasteiger charge is -2.36. The molecule has 2 N–H and O–H groups in total. The van der Waals surface area contributed by atoms with E-state index in [2.05, 4.69) is 5.32 Å². The maximum Gasteiger partial charge on any atom is 0.257 e. The maximum absolute atomic E-state index is 13.3. The Balaban J connectivity index is 1.73. The summed E-state index contributed by atoms with van der Waals surface area (Å²) in [6.07, 6.45) is 4.44. The first-order chi connectivity index (χ1) is 10.1. The number of piperidine rings is 1. The summed E-state index contributed by atoms with van der Waals surface area (Å²) in [5, 5.41) is 13.3. The lowest BCUT2D eigenvalue weighted by molar-refractivity contribution is 0.0647. The zero-order valence-corrected chi connectivity index (χ0v) is 12.0. The van der Waals surface area contributed by atoms with Gasteiger partial charge in [-0.15, -0.1) is 0 Å². The number of amides is 1. The fourth-order valence-electron chi connectivity index (χ4n) is 3.49. The number of hydrogen-bond donors (Lipinski definition) is 2. The van der Waals surface area contributed by atoms with Crippen LogP contribution in [0.3, 0.4) is 0 Å². The van der Waals surface area contributed by atoms with Crippen molar-refractivity contribution < 1.29 is 14.3 Å². The SMILES string of the molecule is O=C(c1cc(F)ccc1O)N1CCCC(C2CCCN2)C1. The number of carbonyl (C=O) groups excluding carboxylic acids is 1. The Kier molecular flexibility index (Phi) is 4.10. The summed E-state index contributed by atoms with van der Waals surface area (Å²) in [6, 6.07) is 4.01. The van der Waals surface area contributed by atoms with Crippen molar-refractivity contribution in [3.8, 4) is 5.75 Å². The Hall–Kier alpha value is -1.62. The Morgan fingerprint density at radius 3 is 2.95 bits per heavy atom. The van der Waals surface area contributed by atoms with E-state index >= 15 is 0 Å². The summed E-state index contributed by atoms with van der Waals surface area (Å²) in [5.41, 5.74) is 0.0648. The van der Waals surface area contributed by atoms with Crippen LogP contribution in [0.2, 0.25) is 0 Å². The highest BCUT2D eigenvalue weighted by Crippen LogP contribution is 2.27. The third kappa shape index (κ3) is 3.02.